The molecule has 1 aromatic heterocycles. The van der Waals surface area contributed by atoms with E-state index in [2.05, 4.69) is 20.1 Å². The number of hydrogen-bond acceptors (Lipinski definition) is 5. The SMILES string of the molecule is CC(C)(C)OC(=O)NCCC(=O)N1CCC[C@H](c2nnc3n2CCC3)C1. The molecule has 1 aromatic rings. The number of aromatic nitrogens is 3. The average molecular weight is 363 g/mol. The average Bonchev–Trinajstić information content (AvgIpc) is 3.16. The molecule has 2 aliphatic heterocycles. The number of likely N-dealkylation sites (tertiary alicyclic amines) is 1. The third-order valence-electron chi connectivity index (χ3n) is 4.78. The predicted molar refractivity (Wildman–Crippen MR) is 95.8 cm³/mol. The number of rotatable bonds is 4. The Labute approximate surface area is 154 Å². The van der Waals surface area contributed by atoms with E-state index in [1.807, 2.05) is 25.7 Å². The summed E-state index contributed by atoms with van der Waals surface area (Å²) in [5.41, 5.74) is -0.535. The first-order valence-corrected chi connectivity index (χ1v) is 9.50. The minimum atomic E-state index is -0.535. The highest BCUT2D eigenvalue weighted by Gasteiger charge is 2.30. The summed E-state index contributed by atoms with van der Waals surface area (Å²) in [7, 11) is 0. The van der Waals surface area contributed by atoms with Crippen molar-refractivity contribution in [3.63, 3.8) is 0 Å². The Balaban J connectivity index is 1.48. The molecule has 0 bridgehead atoms. The molecule has 1 atom stereocenters. The third kappa shape index (κ3) is 4.53. The fourth-order valence-corrected chi connectivity index (χ4v) is 3.63. The molecule has 0 spiro atoms. The van der Waals surface area contributed by atoms with Crippen LogP contribution >= 0.6 is 0 Å². The van der Waals surface area contributed by atoms with Gasteiger partial charge in [0.15, 0.2) is 0 Å². The lowest BCUT2D eigenvalue weighted by molar-refractivity contribution is -0.132. The van der Waals surface area contributed by atoms with Gasteiger partial charge < -0.3 is 19.5 Å². The van der Waals surface area contributed by atoms with Crippen LogP contribution in [0.4, 0.5) is 4.79 Å². The molecule has 8 heteroatoms. The smallest absolute Gasteiger partial charge is 0.407 e. The van der Waals surface area contributed by atoms with E-state index < -0.39 is 11.7 Å². The van der Waals surface area contributed by atoms with E-state index in [9.17, 15) is 9.59 Å². The van der Waals surface area contributed by atoms with Crippen molar-refractivity contribution < 1.29 is 14.3 Å². The summed E-state index contributed by atoms with van der Waals surface area (Å²) in [5, 5.41) is 11.3. The van der Waals surface area contributed by atoms with Gasteiger partial charge >= 0.3 is 6.09 Å². The minimum absolute atomic E-state index is 0.0620. The summed E-state index contributed by atoms with van der Waals surface area (Å²) < 4.78 is 7.41. The highest BCUT2D eigenvalue weighted by molar-refractivity contribution is 5.77. The third-order valence-corrected chi connectivity index (χ3v) is 4.78. The molecule has 1 saturated heterocycles. The Morgan fingerprint density at radius 3 is 2.81 bits per heavy atom. The van der Waals surface area contributed by atoms with Gasteiger partial charge in [-0.05, 0) is 40.0 Å². The standard InChI is InChI=1S/C18H29N5O3/c1-18(2,3)26-17(25)19-9-8-15(24)22-10-4-6-13(12-22)16-21-20-14-7-5-11-23(14)16/h13H,4-12H2,1-3H3,(H,19,25)/t13-/m0/s1. The molecule has 0 radical (unpaired) electrons. The monoisotopic (exact) mass is 363 g/mol. The first-order chi connectivity index (χ1) is 12.3. The lowest BCUT2D eigenvalue weighted by Gasteiger charge is -2.32. The zero-order valence-corrected chi connectivity index (χ0v) is 16.0. The summed E-state index contributed by atoms with van der Waals surface area (Å²) >= 11 is 0. The Kier molecular flexibility index (Phi) is 5.48. The summed E-state index contributed by atoms with van der Waals surface area (Å²) in [6.45, 7) is 8.16. The second-order valence-electron chi connectivity index (χ2n) is 8.09. The van der Waals surface area contributed by atoms with Gasteiger partial charge in [-0.25, -0.2) is 4.79 Å². The van der Waals surface area contributed by atoms with Crippen LogP contribution in [0.15, 0.2) is 0 Å². The lowest BCUT2D eigenvalue weighted by Crippen LogP contribution is -2.41. The van der Waals surface area contributed by atoms with Crippen molar-refractivity contribution in [2.24, 2.45) is 0 Å². The van der Waals surface area contributed by atoms with Crippen LogP contribution in [-0.2, 0) is 22.5 Å². The largest absolute Gasteiger partial charge is 0.444 e. The van der Waals surface area contributed by atoms with E-state index in [1.165, 1.54) is 0 Å². The molecule has 0 aromatic carbocycles. The second-order valence-corrected chi connectivity index (χ2v) is 8.09. The molecule has 8 nitrogen and oxygen atoms in total. The summed E-state index contributed by atoms with van der Waals surface area (Å²) in [4.78, 5) is 26.1. The number of carbonyl (C=O) groups excluding carboxylic acids is 2. The molecule has 3 rings (SSSR count). The van der Waals surface area contributed by atoms with Gasteiger partial charge in [-0.2, -0.15) is 0 Å². The van der Waals surface area contributed by atoms with Gasteiger partial charge in [0, 0.05) is 44.9 Å². The summed E-state index contributed by atoms with van der Waals surface area (Å²) in [6, 6.07) is 0. The van der Waals surface area contributed by atoms with Crippen LogP contribution in [0.3, 0.4) is 0 Å². The van der Waals surface area contributed by atoms with Crippen molar-refractivity contribution in [2.75, 3.05) is 19.6 Å². The molecule has 2 aliphatic rings. The van der Waals surface area contributed by atoms with Crippen molar-refractivity contribution in [3.05, 3.63) is 11.6 Å². The zero-order chi connectivity index (χ0) is 18.7. The molecule has 0 saturated carbocycles. The van der Waals surface area contributed by atoms with Crippen molar-refractivity contribution in [3.8, 4) is 0 Å². The second kappa shape index (κ2) is 7.63. The van der Waals surface area contributed by atoms with E-state index in [4.69, 9.17) is 4.74 Å². The van der Waals surface area contributed by atoms with Gasteiger partial charge in [0.05, 0.1) is 0 Å². The van der Waals surface area contributed by atoms with E-state index in [0.717, 1.165) is 50.4 Å². The number of alkyl carbamates (subject to hydrolysis) is 1. The number of nitrogens with one attached hydrogen (secondary N) is 1. The van der Waals surface area contributed by atoms with E-state index >= 15 is 0 Å². The Morgan fingerprint density at radius 2 is 2.04 bits per heavy atom. The van der Waals surface area contributed by atoms with Crippen molar-refractivity contribution in [1.82, 2.24) is 25.0 Å². The first kappa shape index (κ1) is 18.7. The Hall–Kier alpha value is -2.12. The van der Waals surface area contributed by atoms with Gasteiger partial charge in [0.1, 0.15) is 17.2 Å². The molecule has 26 heavy (non-hydrogen) atoms. The van der Waals surface area contributed by atoms with Crippen molar-refractivity contribution >= 4 is 12.0 Å². The lowest BCUT2D eigenvalue weighted by atomic mass is 9.97. The quantitative estimate of drug-likeness (QED) is 0.882. The number of piperidine rings is 1. The van der Waals surface area contributed by atoms with Crippen LogP contribution in [0, 0.1) is 0 Å². The van der Waals surface area contributed by atoms with Crippen LogP contribution in [0.2, 0.25) is 0 Å². The van der Waals surface area contributed by atoms with Gasteiger partial charge in [0.25, 0.3) is 0 Å². The molecule has 2 amide bonds. The van der Waals surface area contributed by atoms with Crippen LogP contribution in [0.5, 0.6) is 0 Å². The van der Waals surface area contributed by atoms with Gasteiger partial charge in [-0.3, -0.25) is 4.79 Å². The van der Waals surface area contributed by atoms with Crippen LogP contribution in [0.25, 0.3) is 0 Å². The Bertz CT molecular complexity index is 664. The maximum Gasteiger partial charge on any atom is 0.407 e. The molecule has 1 fully saturated rings. The molecule has 0 unspecified atom stereocenters. The number of hydrogen-bond donors (Lipinski definition) is 1. The van der Waals surface area contributed by atoms with E-state index in [1.54, 1.807) is 0 Å². The first-order valence-electron chi connectivity index (χ1n) is 9.50. The molecule has 144 valence electrons. The predicted octanol–water partition coefficient (Wildman–Crippen LogP) is 1.85. The van der Waals surface area contributed by atoms with Crippen molar-refractivity contribution in [2.45, 2.75) is 70.9 Å². The van der Waals surface area contributed by atoms with Crippen molar-refractivity contribution in [1.29, 1.82) is 0 Å². The highest BCUT2D eigenvalue weighted by Crippen LogP contribution is 2.28. The van der Waals surface area contributed by atoms with E-state index in [-0.39, 0.29) is 24.8 Å². The number of nitrogens with zero attached hydrogens (tertiary/aromatic N) is 4. The number of aryl methyl sites for hydroxylation is 1. The van der Waals surface area contributed by atoms with Gasteiger partial charge in [-0.15, -0.1) is 10.2 Å². The minimum Gasteiger partial charge on any atom is -0.444 e. The highest BCUT2D eigenvalue weighted by atomic mass is 16.6. The number of amides is 2. The Morgan fingerprint density at radius 1 is 1.23 bits per heavy atom. The van der Waals surface area contributed by atoms with Crippen LogP contribution < -0.4 is 5.32 Å². The number of ether oxygens (including phenoxy) is 1. The number of carbonyl (C=O) groups is 2. The number of fused-ring (bicyclic) bond motifs is 1. The molecule has 0 aliphatic carbocycles. The van der Waals surface area contributed by atoms with Gasteiger partial charge in [-0.1, -0.05) is 0 Å². The van der Waals surface area contributed by atoms with E-state index in [0.29, 0.717) is 6.54 Å². The molecule has 1 N–H and O–H groups in total. The summed E-state index contributed by atoms with van der Waals surface area (Å²) in [5.74, 6) is 2.42. The van der Waals surface area contributed by atoms with Crippen LogP contribution in [0.1, 0.15) is 64.0 Å². The van der Waals surface area contributed by atoms with Gasteiger partial charge in [0.2, 0.25) is 5.91 Å². The fourth-order valence-electron chi connectivity index (χ4n) is 3.63. The van der Waals surface area contributed by atoms with Crippen LogP contribution in [-0.4, -0.2) is 56.9 Å². The normalized spacial score (nSPS) is 20.0. The fraction of sp³-hybridized carbons (Fsp3) is 0.778. The maximum absolute atomic E-state index is 12.5. The zero-order valence-electron chi connectivity index (χ0n) is 16.0. The topological polar surface area (TPSA) is 89.3 Å². The summed E-state index contributed by atoms with van der Waals surface area (Å²) in [6.07, 6.45) is 3.93. The molecular weight excluding hydrogens is 334 g/mol. The maximum atomic E-state index is 12.5. The molecule has 3 heterocycles. The molecular formula is C18H29N5O3.